The van der Waals surface area contributed by atoms with Crippen molar-refractivity contribution in [1.29, 1.82) is 0 Å². The van der Waals surface area contributed by atoms with Crippen molar-refractivity contribution in [3.8, 4) is 0 Å². The van der Waals surface area contributed by atoms with Crippen LogP contribution in [-0.4, -0.2) is 14.7 Å². The molecule has 0 bridgehead atoms. The molecule has 12 heteroatoms. The molecule has 0 aliphatic rings. The zero-order valence-corrected chi connectivity index (χ0v) is 8.17. The zero-order chi connectivity index (χ0) is 11.2. The molecule has 0 heterocycles. The van der Waals surface area contributed by atoms with Gasteiger partial charge in [0.25, 0.3) is 0 Å². The lowest BCUT2D eigenvalue weighted by atomic mass is 11.2. The van der Waals surface area contributed by atoms with Crippen molar-refractivity contribution >= 4 is 15.6 Å². The number of hydrogen-bond acceptors (Lipinski definition) is 7. The maximum absolute atomic E-state index is 10.5. The third-order valence-electron chi connectivity index (χ3n) is 0.488. The lowest BCUT2D eigenvalue weighted by molar-refractivity contribution is -0.584. The van der Waals surface area contributed by atoms with Gasteiger partial charge in [0.05, 0.1) is 6.26 Å². The summed E-state index contributed by atoms with van der Waals surface area (Å²) in [5.74, 6) is 0. The van der Waals surface area contributed by atoms with E-state index in [1.54, 1.807) is 0 Å². The number of phosphoric acid groups is 2. The minimum atomic E-state index is -4.92. The van der Waals surface area contributed by atoms with E-state index in [0.29, 0.717) is 6.26 Å². The molecule has 0 amide bonds. The van der Waals surface area contributed by atoms with Crippen LogP contribution in [0.1, 0.15) is 0 Å². The third kappa shape index (κ3) is 8.32. The lowest BCUT2D eigenvalue weighted by Gasteiger charge is -2.06. The van der Waals surface area contributed by atoms with Gasteiger partial charge < -0.3 is 14.3 Å². The molecule has 1 unspecified atom stereocenters. The van der Waals surface area contributed by atoms with Crippen molar-refractivity contribution in [2.24, 2.45) is 0 Å². The van der Waals surface area contributed by atoms with Crippen LogP contribution in [0.5, 0.6) is 0 Å². The summed E-state index contributed by atoms with van der Waals surface area (Å²) >= 11 is 0. The summed E-state index contributed by atoms with van der Waals surface area (Å²) < 4.78 is 31.0. The summed E-state index contributed by atoms with van der Waals surface area (Å²) in [6.45, 7) is 2.93. The van der Waals surface area contributed by atoms with E-state index < -0.39 is 15.6 Å². The normalized spacial score (nSPS) is 15.9. The third-order valence-corrected chi connectivity index (χ3v) is 1.41. The molecule has 0 saturated heterocycles. The molecule has 10 nitrogen and oxygen atoms in total. The molecule has 0 aliphatic carbocycles. The van der Waals surface area contributed by atoms with Crippen LogP contribution >= 0.6 is 15.6 Å². The van der Waals surface area contributed by atoms with Crippen molar-refractivity contribution < 1.29 is 47.8 Å². The van der Waals surface area contributed by atoms with Gasteiger partial charge in [0.1, 0.15) is 0 Å². The Labute approximate surface area is 77.3 Å². The Morgan fingerprint density at radius 2 is 1.57 bits per heavy atom. The van der Waals surface area contributed by atoms with Crippen molar-refractivity contribution in [1.82, 2.24) is 0 Å². The number of rotatable bonds is 7. The monoisotopic (exact) mass is 252 g/mol. The Bertz CT molecular complexity index is 265. The highest BCUT2D eigenvalue weighted by molar-refractivity contribution is 7.47. The van der Waals surface area contributed by atoms with E-state index in [1.165, 1.54) is 0 Å². The predicted octanol–water partition coefficient (Wildman–Crippen LogP) is 0.151. The van der Waals surface area contributed by atoms with Gasteiger partial charge in [-0.05, 0) is 10.1 Å². The summed E-state index contributed by atoms with van der Waals surface area (Å²) in [6, 6.07) is 0. The first-order valence-corrected chi connectivity index (χ1v) is 5.68. The smallest absolute Gasteiger partial charge is 0.411 e. The van der Waals surface area contributed by atoms with Gasteiger partial charge in [0.2, 0.25) is 0 Å². The van der Waals surface area contributed by atoms with Crippen LogP contribution in [-0.2, 0) is 33.1 Å². The maximum Gasteiger partial charge on any atom is 0.556 e. The molecule has 0 rings (SSSR count). The molecule has 0 saturated carbocycles. The van der Waals surface area contributed by atoms with Gasteiger partial charge in [-0.2, -0.15) is 0 Å². The Hall–Kier alpha value is -0.280. The average molecular weight is 252 g/mol. The molecule has 1 atom stereocenters. The highest BCUT2D eigenvalue weighted by Crippen LogP contribution is 2.44. The van der Waals surface area contributed by atoms with E-state index in [2.05, 4.69) is 30.5 Å². The molecule has 0 aromatic carbocycles. The summed E-state index contributed by atoms with van der Waals surface area (Å²) in [4.78, 5) is 24.5. The van der Waals surface area contributed by atoms with Crippen molar-refractivity contribution in [2.75, 3.05) is 0 Å². The fraction of sp³-hybridized carbons (Fsp3) is 0. The Morgan fingerprint density at radius 1 is 1.07 bits per heavy atom. The van der Waals surface area contributed by atoms with E-state index in [-0.39, 0.29) is 0 Å². The van der Waals surface area contributed by atoms with Crippen molar-refractivity contribution in [3.63, 3.8) is 0 Å². The minimum absolute atomic E-state index is 0.577. The van der Waals surface area contributed by atoms with E-state index in [9.17, 15) is 9.13 Å². The highest BCUT2D eigenvalue weighted by Gasteiger charge is 2.24. The van der Waals surface area contributed by atoms with Gasteiger partial charge in [-0.15, -0.1) is 0 Å². The molecule has 0 aromatic heterocycles. The fourth-order valence-corrected chi connectivity index (χ4v) is 0.644. The van der Waals surface area contributed by atoms with Gasteiger partial charge in [-0.3, -0.25) is 4.89 Å². The van der Waals surface area contributed by atoms with E-state index >= 15 is 0 Å². The molecule has 0 aliphatic heterocycles. The molecule has 0 radical (unpaired) electrons. The molecule has 84 valence electrons. The van der Waals surface area contributed by atoms with E-state index in [0.717, 1.165) is 0 Å². The van der Waals surface area contributed by atoms with Crippen molar-refractivity contribution in [3.05, 3.63) is 12.8 Å². The second kappa shape index (κ2) is 5.56. The summed E-state index contributed by atoms with van der Waals surface area (Å²) in [5.41, 5.74) is 0. The second-order valence-electron chi connectivity index (χ2n) is 1.52. The predicted molar refractivity (Wildman–Crippen MR) is 37.5 cm³/mol. The summed E-state index contributed by atoms with van der Waals surface area (Å²) in [6.07, 6.45) is 0.577. The quantitative estimate of drug-likeness (QED) is 0.188. The zero-order valence-electron chi connectivity index (χ0n) is 6.38. The molecule has 0 aromatic rings. The molecular weight excluding hydrogens is 246 g/mol. The first-order chi connectivity index (χ1) is 6.27. The van der Waals surface area contributed by atoms with E-state index in [1.807, 2.05) is 0 Å². The van der Waals surface area contributed by atoms with Gasteiger partial charge in [0, 0.05) is 0 Å². The SMILES string of the molecule is C=COP(=O)(O)OOOOP(=O)(O)O. The van der Waals surface area contributed by atoms with Crippen LogP contribution in [0.15, 0.2) is 12.8 Å². The van der Waals surface area contributed by atoms with Gasteiger partial charge in [0.15, 0.2) is 0 Å². The van der Waals surface area contributed by atoms with Crippen LogP contribution < -0.4 is 0 Å². The lowest BCUT2D eigenvalue weighted by Crippen LogP contribution is -1.96. The second-order valence-corrected chi connectivity index (χ2v) is 3.94. The Balaban J connectivity index is 3.69. The molecule has 0 fully saturated rings. The molecular formula is C2H6O10P2. The van der Waals surface area contributed by atoms with E-state index in [4.69, 9.17) is 14.7 Å². The van der Waals surface area contributed by atoms with Gasteiger partial charge >= 0.3 is 15.6 Å². The largest absolute Gasteiger partial charge is 0.556 e. The summed E-state index contributed by atoms with van der Waals surface area (Å²) in [5, 5.41) is 6.58. The topological polar surface area (TPSA) is 141 Å². The van der Waals surface area contributed by atoms with Gasteiger partial charge in [-0.1, -0.05) is 15.9 Å². The standard InChI is InChI=1S/C2H6O10P2/c1-2-8-14(6,7)12-10-9-11-13(3,4)5/h2H,1H2,(H,6,7)(H2,3,4,5). The van der Waals surface area contributed by atoms with Crippen LogP contribution in [0.2, 0.25) is 0 Å². The number of phosphoric ester groups is 1. The number of hydrogen-bond donors (Lipinski definition) is 3. The van der Waals surface area contributed by atoms with Crippen LogP contribution in [0, 0.1) is 0 Å². The average Bonchev–Trinajstić information content (AvgIpc) is 1.96. The fourth-order valence-electron chi connectivity index (χ4n) is 0.215. The maximum atomic E-state index is 10.5. The van der Waals surface area contributed by atoms with Crippen molar-refractivity contribution in [2.45, 2.75) is 0 Å². The van der Waals surface area contributed by atoms with Crippen LogP contribution in [0.4, 0.5) is 0 Å². The Kier molecular flexibility index (Phi) is 5.45. The molecule has 0 spiro atoms. The molecule has 3 N–H and O–H groups in total. The van der Waals surface area contributed by atoms with Crippen LogP contribution in [0.3, 0.4) is 0 Å². The Morgan fingerprint density at radius 3 is 2.00 bits per heavy atom. The first kappa shape index (κ1) is 13.7. The van der Waals surface area contributed by atoms with Crippen LogP contribution in [0.25, 0.3) is 0 Å². The first-order valence-electron chi connectivity index (χ1n) is 2.66. The minimum Gasteiger partial charge on any atom is -0.411 e. The molecule has 14 heavy (non-hydrogen) atoms. The highest BCUT2D eigenvalue weighted by atomic mass is 31.2. The van der Waals surface area contributed by atoms with Gasteiger partial charge in [-0.25, -0.2) is 9.13 Å². The summed E-state index contributed by atoms with van der Waals surface area (Å²) in [7, 11) is -9.50.